The van der Waals surface area contributed by atoms with Gasteiger partial charge in [-0.3, -0.25) is 4.72 Å². The lowest BCUT2D eigenvalue weighted by Crippen LogP contribution is -2.39. The van der Waals surface area contributed by atoms with E-state index in [9.17, 15) is 8.42 Å². The van der Waals surface area contributed by atoms with Gasteiger partial charge in [0, 0.05) is 25.0 Å². The van der Waals surface area contributed by atoms with Crippen LogP contribution >= 0.6 is 35.3 Å². The van der Waals surface area contributed by atoms with Gasteiger partial charge < -0.3 is 10.2 Å². The number of nitrogens with zero attached hydrogens (tertiary/aromatic N) is 2. The van der Waals surface area contributed by atoms with Crippen LogP contribution < -0.4 is 10.0 Å². The van der Waals surface area contributed by atoms with E-state index in [4.69, 9.17) is 0 Å². The highest BCUT2D eigenvalue weighted by atomic mass is 127. The minimum atomic E-state index is -3.32. The molecule has 0 aliphatic rings. The van der Waals surface area contributed by atoms with Crippen LogP contribution in [0.5, 0.6) is 0 Å². The van der Waals surface area contributed by atoms with Gasteiger partial charge in [-0.25, -0.2) is 13.4 Å². The van der Waals surface area contributed by atoms with Gasteiger partial charge in [0.25, 0.3) is 0 Å². The molecule has 0 saturated heterocycles. The van der Waals surface area contributed by atoms with Gasteiger partial charge in [-0.05, 0) is 36.4 Å². The highest BCUT2D eigenvalue weighted by molar-refractivity contribution is 14.0. The monoisotopic (exact) mass is 522 g/mol. The molecular weight excluding hydrogens is 495 g/mol. The summed E-state index contributed by atoms with van der Waals surface area (Å²) in [6.07, 6.45) is 2.11. The molecule has 1 aromatic heterocycles. The molecule has 0 amide bonds. The summed E-state index contributed by atoms with van der Waals surface area (Å²) in [5, 5.41) is 5.37. The Morgan fingerprint density at radius 2 is 1.96 bits per heavy atom. The lowest BCUT2D eigenvalue weighted by Gasteiger charge is -2.22. The number of guanidine groups is 1. The zero-order chi connectivity index (χ0) is 19.0. The highest BCUT2D eigenvalue weighted by Gasteiger charge is 2.09. The summed E-state index contributed by atoms with van der Waals surface area (Å²) in [7, 11) is -1.31. The number of halogens is 1. The maximum absolute atomic E-state index is 11.5. The summed E-state index contributed by atoms with van der Waals surface area (Å²) in [5.74, 6) is 0.804. The molecule has 2 rings (SSSR count). The average molecular weight is 522 g/mol. The summed E-state index contributed by atoms with van der Waals surface area (Å²) in [5.41, 5.74) is 1.40. The van der Waals surface area contributed by atoms with Crippen LogP contribution in [0.2, 0.25) is 0 Å². The second-order valence-corrected chi connectivity index (χ2v) is 8.73. The highest BCUT2D eigenvalue weighted by Crippen LogP contribution is 2.17. The molecule has 0 aliphatic heterocycles. The summed E-state index contributed by atoms with van der Waals surface area (Å²) >= 11 is 1.76. The van der Waals surface area contributed by atoms with Crippen LogP contribution in [-0.4, -0.2) is 45.7 Å². The topological polar surface area (TPSA) is 73.8 Å². The van der Waals surface area contributed by atoms with E-state index in [0.717, 1.165) is 37.3 Å². The van der Waals surface area contributed by atoms with Crippen LogP contribution in [0.15, 0.2) is 46.8 Å². The van der Waals surface area contributed by atoms with Crippen molar-refractivity contribution in [2.24, 2.45) is 4.99 Å². The predicted octanol–water partition coefficient (Wildman–Crippen LogP) is 3.38. The number of sulfonamides is 1. The van der Waals surface area contributed by atoms with Crippen molar-refractivity contribution in [3.63, 3.8) is 0 Å². The average Bonchev–Trinajstić information content (AvgIpc) is 3.10. The lowest BCUT2D eigenvalue weighted by atomic mass is 10.2. The summed E-state index contributed by atoms with van der Waals surface area (Å²) < 4.78 is 25.6. The maximum Gasteiger partial charge on any atom is 0.229 e. The number of anilines is 1. The standard InChI is InChI=1S/C18H26N4O2S2.HI/c1-4-19-18(22(2)12-11-16-9-7-13-25-16)20-14-15-8-5-6-10-17(15)21-26(3,23)24;/h5-10,13,21H,4,11-12,14H2,1-3H3,(H,19,20);1H. The molecule has 0 fully saturated rings. The Balaban J connectivity index is 0.00000364. The molecular formula is C18H27IN4O2S2. The van der Waals surface area contributed by atoms with Crippen LogP contribution in [0.4, 0.5) is 5.69 Å². The number of thiophene rings is 1. The van der Waals surface area contributed by atoms with E-state index in [1.54, 1.807) is 23.5 Å². The van der Waals surface area contributed by atoms with E-state index < -0.39 is 10.0 Å². The summed E-state index contributed by atoms with van der Waals surface area (Å²) in [4.78, 5) is 8.11. The van der Waals surface area contributed by atoms with Gasteiger partial charge in [0.15, 0.2) is 5.96 Å². The van der Waals surface area contributed by atoms with E-state index in [2.05, 4.69) is 37.4 Å². The fourth-order valence-electron chi connectivity index (χ4n) is 2.43. The van der Waals surface area contributed by atoms with Crippen molar-refractivity contribution in [1.29, 1.82) is 0 Å². The smallest absolute Gasteiger partial charge is 0.229 e. The van der Waals surface area contributed by atoms with E-state index in [1.165, 1.54) is 4.88 Å². The first kappa shape index (κ1) is 23.7. The number of rotatable bonds is 8. The third-order valence-corrected chi connectivity index (χ3v) is 5.21. The number of para-hydroxylation sites is 1. The second kappa shape index (κ2) is 11.5. The minimum Gasteiger partial charge on any atom is -0.357 e. The fraction of sp³-hybridized carbons (Fsp3) is 0.389. The molecule has 0 aliphatic carbocycles. The molecule has 6 nitrogen and oxygen atoms in total. The van der Waals surface area contributed by atoms with Gasteiger partial charge >= 0.3 is 0 Å². The zero-order valence-corrected chi connectivity index (χ0v) is 19.8. The van der Waals surface area contributed by atoms with Crippen LogP contribution in [0.1, 0.15) is 17.4 Å². The molecule has 9 heteroatoms. The lowest BCUT2D eigenvalue weighted by molar-refractivity contribution is 0.486. The quantitative estimate of drug-likeness (QED) is 0.317. The molecule has 0 bridgehead atoms. The van der Waals surface area contributed by atoms with Gasteiger partial charge in [0.05, 0.1) is 18.5 Å². The molecule has 0 radical (unpaired) electrons. The Morgan fingerprint density at radius 1 is 1.22 bits per heavy atom. The predicted molar refractivity (Wildman–Crippen MR) is 126 cm³/mol. The van der Waals surface area contributed by atoms with Crippen molar-refractivity contribution in [1.82, 2.24) is 10.2 Å². The van der Waals surface area contributed by atoms with Crippen LogP contribution in [0.3, 0.4) is 0 Å². The van der Waals surface area contributed by atoms with Crippen LogP contribution in [-0.2, 0) is 23.0 Å². The van der Waals surface area contributed by atoms with Crippen molar-refractivity contribution in [2.45, 2.75) is 19.9 Å². The fourth-order valence-corrected chi connectivity index (χ4v) is 3.72. The Hall–Kier alpha value is -1.33. The molecule has 1 aromatic carbocycles. The molecule has 0 spiro atoms. The molecule has 2 aromatic rings. The first-order chi connectivity index (χ1) is 12.4. The van der Waals surface area contributed by atoms with Crippen molar-refractivity contribution >= 4 is 57.0 Å². The van der Waals surface area contributed by atoms with E-state index in [0.29, 0.717) is 12.2 Å². The van der Waals surface area contributed by atoms with E-state index >= 15 is 0 Å². The van der Waals surface area contributed by atoms with E-state index in [1.807, 2.05) is 26.1 Å². The van der Waals surface area contributed by atoms with Gasteiger partial charge in [-0.1, -0.05) is 24.3 Å². The number of hydrogen-bond donors (Lipinski definition) is 2. The van der Waals surface area contributed by atoms with Crippen LogP contribution in [0.25, 0.3) is 0 Å². The largest absolute Gasteiger partial charge is 0.357 e. The maximum atomic E-state index is 11.5. The van der Waals surface area contributed by atoms with Gasteiger partial charge in [0.1, 0.15) is 0 Å². The molecule has 0 atom stereocenters. The molecule has 0 saturated carbocycles. The Bertz CT molecular complexity index is 824. The van der Waals surface area contributed by atoms with Crippen LogP contribution in [0, 0.1) is 0 Å². The Morgan fingerprint density at radius 3 is 2.59 bits per heavy atom. The third-order valence-electron chi connectivity index (χ3n) is 3.68. The first-order valence-corrected chi connectivity index (χ1v) is 11.2. The van der Waals surface area contributed by atoms with Crippen molar-refractivity contribution in [2.75, 3.05) is 31.1 Å². The van der Waals surface area contributed by atoms with Crippen molar-refractivity contribution in [3.8, 4) is 0 Å². The van der Waals surface area contributed by atoms with Gasteiger partial charge in [-0.2, -0.15) is 0 Å². The van der Waals surface area contributed by atoms with Gasteiger partial charge in [-0.15, -0.1) is 35.3 Å². The Labute approximate surface area is 183 Å². The van der Waals surface area contributed by atoms with Crippen molar-refractivity contribution in [3.05, 3.63) is 52.2 Å². The molecule has 1 heterocycles. The number of likely N-dealkylation sites (N-methyl/N-ethyl adjacent to an activating group) is 1. The third kappa shape index (κ3) is 8.48. The second-order valence-electron chi connectivity index (χ2n) is 5.95. The summed E-state index contributed by atoms with van der Waals surface area (Å²) in [6, 6.07) is 11.5. The number of aliphatic imine (C=N–C) groups is 1. The van der Waals surface area contributed by atoms with Crippen molar-refractivity contribution < 1.29 is 8.42 Å². The SMILES string of the molecule is CCNC(=NCc1ccccc1NS(C)(=O)=O)N(C)CCc1cccs1.I. The molecule has 27 heavy (non-hydrogen) atoms. The normalized spacial score (nSPS) is 11.6. The molecule has 150 valence electrons. The van der Waals surface area contributed by atoms with E-state index in [-0.39, 0.29) is 24.0 Å². The molecule has 0 unspecified atom stereocenters. The number of benzene rings is 1. The Kier molecular flexibility index (Phi) is 10.1. The zero-order valence-electron chi connectivity index (χ0n) is 15.8. The van der Waals surface area contributed by atoms with Gasteiger partial charge in [0.2, 0.25) is 10.0 Å². The number of nitrogens with one attached hydrogen (secondary N) is 2. The summed E-state index contributed by atoms with van der Waals surface area (Å²) in [6.45, 7) is 4.05. The molecule has 2 N–H and O–H groups in total. The minimum absolute atomic E-state index is 0. The first-order valence-electron chi connectivity index (χ1n) is 8.46. The number of hydrogen-bond acceptors (Lipinski definition) is 4.